The van der Waals surface area contributed by atoms with Crippen LogP contribution in [-0.4, -0.2) is 60.2 Å². The number of benzene rings is 1. The van der Waals surface area contributed by atoms with Crippen LogP contribution in [0.3, 0.4) is 0 Å². The van der Waals surface area contributed by atoms with E-state index in [-0.39, 0.29) is 17.7 Å². The molecular formula is C19H25N3O3. The van der Waals surface area contributed by atoms with Gasteiger partial charge in [0.15, 0.2) is 0 Å². The second-order valence-electron chi connectivity index (χ2n) is 7.26. The largest absolute Gasteiger partial charge is 0.339 e. The molecule has 0 N–H and O–H groups in total. The highest BCUT2D eigenvalue weighted by Crippen LogP contribution is 2.32. The monoisotopic (exact) mass is 343 g/mol. The molecular weight excluding hydrogens is 318 g/mol. The molecule has 1 saturated heterocycles. The van der Waals surface area contributed by atoms with Crippen LogP contribution < -0.4 is 4.90 Å². The fourth-order valence-electron chi connectivity index (χ4n) is 3.60. The number of carbonyl (C=O) groups excluding carboxylic acids is 3. The quantitative estimate of drug-likeness (QED) is 0.761. The fraction of sp³-hybridized carbons (Fsp3) is 0.526. The number of carbonyl (C=O) groups is 3. The molecule has 0 saturated carbocycles. The summed E-state index contributed by atoms with van der Waals surface area (Å²) in [6.07, 6.45) is 0.823. The van der Waals surface area contributed by atoms with Crippen molar-refractivity contribution < 1.29 is 14.4 Å². The van der Waals surface area contributed by atoms with E-state index in [1.165, 1.54) is 6.92 Å². The van der Waals surface area contributed by atoms with Crippen molar-refractivity contribution in [2.45, 2.75) is 27.2 Å². The molecule has 0 radical (unpaired) electrons. The van der Waals surface area contributed by atoms with Crippen LogP contribution in [0.25, 0.3) is 0 Å². The molecule has 6 heteroatoms. The van der Waals surface area contributed by atoms with Crippen LogP contribution in [0.4, 0.5) is 5.69 Å². The van der Waals surface area contributed by atoms with Gasteiger partial charge in [-0.2, -0.15) is 0 Å². The number of rotatable bonds is 2. The summed E-state index contributed by atoms with van der Waals surface area (Å²) < 4.78 is 0. The van der Waals surface area contributed by atoms with Crippen LogP contribution in [0.15, 0.2) is 24.3 Å². The number of hydrogen-bond acceptors (Lipinski definition) is 3. The maximum absolute atomic E-state index is 13.1. The summed E-state index contributed by atoms with van der Waals surface area (Å²) in [5, 5.41) is 0. The SMILES string of the molecule is CC(=O)N1CCN(C(=O)C(C)(C)C(=O)N2CCc3ccccc32)CC1. The summed E-state index contributed by atoms with van der Waals surface area (Å²) in [4.78, 5) is 42.7. The van der Waals surface area contributed by atoms with Crippen molar-refractivity contribution in [2.24, 2.45) is 5.41 Å². The molecule has 0 bridgehead atoms. The summed E-state index contributed by atoms with van der Waals surface area (Å²) in [6, 6.07) is 7.85. The topological polar surface area (TPSA) is 60.9 Å². The standard InChI is InChI=1S/C19H25N3O3/c1-14(23)20-10-12-21(13-11-20)17(24)19(2,3)18(25)22-9-8-15-6-4-5-7-16(15)22/h4-7H,8-13H2,1-3H3. The van der Waals surface area contributed by atoms with Crippen molar-refractivity contribution in [2.75, 3.05) is 37.6 Å². The van der Waals surface area contributed by atoms with Gasteiger partial charge in [-0.1, -0.05) is 18.2 Å². The molecule has 0 spiro atoms. The van der Waals surface area contributed by atoms with Gasteiger partial charge in [0.2, 0.25) is 17.7 Å². The minimum Gasteiger partial charge on any atom is -0.339 e. The molecule has 2 aliphatic rings. The Labute approximate surface area is 148 Å². The highest BCUT2D eigenvalue weighted by atomic mass is 16.2. The van der Waals surface area contributed by atoms with Gasteiger partial charge >= 0.3 is 0 Å². The maximum atomic E-state index is 13.1. The van der Waals surface area contributed by atoms with E-state index in [0.29, 0.717) is 32.7 Å². The average Bonchev–Trinajstić information content (AvgIpc) is 3.04. The van der Waals surface area contributed by atoms with Crippen LogP contribution in [0.2, 0.25) is 0 Å². The van der Waals surface area contributed by atoms with Gasteiger partial charge in [-0.05, 0) is 31.9 Å². The number of piperazine rings is 1. The van der Waals surface area contributed by atoms with Crippen molar-refractivity contribution in [3.8, 4) is 0 Å². The van der Waals surface area contributed by atoms with Gasteiger partial charge in [-0.15, -0.1) is 0 Å². The number of anilines is 1. The van der Waals surface area contributed by atoms with E-state index >= 15 is 0 Å². The van der Waals surface area contributed by atoms with Gasteiger partial charge in [0.05, 0.1) is 0 Å². The lowest BCUT2D eigenvalue weighted by atomic mass is 9.89. The van der Waals surface area contributed by atoms with Crippen molar-refractivity contribution in [3.63, 3.8) is 0 Å². The number of amides is 3. The Morgan fingerprint density at radius 2 is 1.48 bits per heavy atom. The third-order valence-electron chi connectivity index (χ3n) is 5.21. The van der Waals surface area contributed by atoms with E-state index in [1.54, 1.807) is 28.5 Å². The van der Waals surface area contributed by atoms with Gasteiger partial charge in [0.25, 0.3) is 0 Å². The highest BCUT2D eigenvalue weighted by Gasteiger charge is 2.44. The van der Waals surface area contributed by atoms with Crippen molar-refractivity contribution in [1.82, 2.24) is 9.80 Å². The first kappa shape index (κ1) is 17.5. The number of fused-ring (bicyclic) bond motifs is 1. The van der Waals surface area contributed by atoms with Gasteiger partial charge in [-0.3, -0.25) is 14.4 Å². The molecule has 0 aromatic heterocycles. The Morgan fingerprint density at radius 1 is 0.880 bits per heavy atom. The molecule has 2 aliphatic heterocycles. The molecule has 2 heterocycles. The van der Waals surface area contributed by atoms with E-state index in [1.807, 2.05) is 24.3 Å². The molecule has 0 aliphatic carbocycles. The number of para-hydroxylation sites is 1. The predicted octanol–water partition coefficient (Wildman–Crippen LogP) is 1.29. The number of nitrogens with zero attached hydrogens (tertiary/aromatic N) is 3. The average molecular weight is 343 g/mol. The van der Waals surface area contributed by atoms with Crippen LogP contribution in [-0.2, 0) is 20.8 Å². The molecule has 134 valence electrons. The van der Waals surface area contributed by atoms with Gasteiger partial charge < -0.3 is 14.7 Å². The molecule has 6 nitrogen and oxygen atoms in total. The van der Waals surface area contributed by atoms with Crippen molar-refractivity contribution >= 4 is 23.4 Å². The first-order chi connectivity index (χ1) is 11.8. The second-order valence-corrected chi connectivity index (χ2v) is 7.26. The minimum atomic E-state index is -1.12. The number of hydrogen-bond donors (Lipinski definition) is 0. The summed E-state index contributed by atoms with van der Waals surface area (Å²) in [5.41, 5.74) is 0.944. The Balaban J connectivity index is 1.72. The Morgan fingerprint density at radius 3 is 2.12 bits per heavy atom. The van der Waals surface area contributed by atoms with Gasteiger partial charge in [-0.25, -0.2) is 0 Å². The van der Waals surface area contributed by atoms with E-state index in [2.05, 4.69) is 0 Å². The zero-order valence-corrected chi connectivity index (χ0v) is 15.1. The Bertz CT molecular complexity index is 706. The summed E-state index contributed by atoms with van der Waals surface area (Å²) in [7, 11) is 0. The maximum Gasteiger partial charge on any atom is 0.242 e. The van der Waals surface area contributed by atoms with Crippen LogP contribution in [0.5, 0.6) is 0 Å². The molecule has 1 aromatic carbocycles. The van der Waals surface area contributed by atoms with Crippen LogP contribution in [0, 0.1) is 5.41 Å². The third-order valence-corrected chi connectivity index (χ3v) is 5.21. The molecule has 3 amide bonds. The Kier molecular flexibility index (Phi) is 4.54. The van der Waals surface area contributed by atoms with Crippen molar-refractivity contribution in [3.05, 3.63) is 29.8 Å². The third kappa shape index (κ3) is 3.13. The second kappa shape index (κ2) is 6.50. The summed E-state index contributed by atoms with van der Waals surface area (Å²) >= 11 is 0. The van der Waals surface area contributed by atoms with Crippen LogP contribution >= 0.6 is 0 Å². The lowest BCUT2D eigenvalue weighted by Gasteiger charge is -2.38. The van der Waals surface area contributed by atoms with Gasteiger partial charge in [0, 0.05) is 45.3 Å². The summed E-state index contributed by atoms with van der Waals surface area (Å²) in [6.45, 7) is 7.57. The first-order valence-corrected chi connectivity index (χ1v) is 8.77. The molecule has 1 aromatic rings. The first-order valence-electron chi connectivity index (χ1n) is 8.77. The zero-order chi connectivity index (χ0) is 18.2. The van der Waals surface area contributed by atoms with Crippen molar-refractivity contribution in [1.29, 1.82) is 0 Å². The lowest BCUT2D eigenvalue weighted by molar-refractivity contribution is -0.150. The minimum absolute atomic E-state index is 0.0242. The van der Waals surface area contributed by atoms with E-state index in [0.717, 1.165) is 17.7 Å². The van der Waals surface area contributed by atoms with E-state index < -0.39 is 5.41 Å². The molecule has 0 unspecified atom stereocenters. The molecule has 1 fully saturated rings. The summed E-state index contributed by atoms with van der Waals surface area (Å²) in [5.74, 6) is -0.294. The van der Waals surface area contributed by atoms with E-state index in [9.17, 15) is 14.4 Å². The smallest absolute Gasteiger partial charge is 0.242 e. The van der Waals surface area contributed by atoms with Crippen LogP contribution in [0.1, 0.15) is 26.3 Å². The normalized spacial score (nSPS) is 17.5. The van der Waals surface area contributed by atoms with E-state index in [4.69, 9.17) is 0 Å². The van der Waals surface area contributed by atoms with Gasteiger partial charge in [0.1, 0.15) is 5.41 Å². The predicted molar refractivity (Wildman–Crippen MR) is 95.1 cm³/mol. The molecule has 0 atom stereocenters. The molecule has 25 heavy (non-hydrogen) atoms. The fourth-order valence-corrected chi connectivity index (χ4v) is 3.60. The zero-order valence-electron chi connectivity index (χ0n) is 15.1. The molecule has 3 rings (SSSR count). The lowest BCUT2D eigenvalue weighted by Crippen LogP contribution is -2.56. The Hall–Kier alpha value is -2.37. The highest BCUT2D eigenvalue weighted by molar-refractivity contribution is 6.11.